The zero-order chi connectivity index (χ0) is 16.9. The summed E-state index contributed by atoms with van der Waals surface area (Å²) in [6.45, 7) is 8.39. The molecule has 0 saturated carbocycles. The van der Waals surface area contributed by atoms with Gasteiger partial charge in [-0.15, -0.1) is 11.3 Å². The minimum absolute atomic E-state index is 0.0201. The van der Waals surface area contributed by atoms with Crippen molar-refractivity contribution >= 4 is 34.1 Å². The molecular formula is C13H19N3O5S. The van der Waals surface area contributed by atoms with Crippen molar-refractivity contribution in [3.05, 3.63) is 5.38 Å². The molecule has 1 aromatic rings. The fraction of sp³-hybridized carbons (Fsp3) is 0.538. The van der Waals surface area contributed by atoms with Crippen molar-refractivity contribution in [2.75, 3.05) is 5.73 Å². The predicted molar refractivity (Wildman–Crippen MR) is 81.7 cm³/mol. The van der Waals surface area contributed by atoms with Gasteiger partial charge in [-0.1, -0.05) is 5.16 Å². The number of esters is 2. The number of carbonyl (C=O) groups excluding carboxylic acids is 2. The Morgan fingerprint density at radius 1 is 1.32 bits per heavy atom. The molecule has 0 amide bonds. The summed E-state index contributed by atoms with van der Waals surface area (Å²) >= 11 is 1.10. The van der Waals surface area contributed by atoms with Gasteiger partial charge in [-0.2, -0.15) is 4.98 Å². The number of thiazole rings is 1. The number of hydrogen-bond acceptors (Lipinski definition) is 9. The third kappa shape index (κ3) is 6.08. The fourth-order valence-electron chi connectivity index (χ4n) is 1.10. The highest BCUT2D eigenvalue weighted by atomic mass is 32.1. The van der Waals surface area contributed by atoms with E-state index in [4.69, 9.17) is 20.0 Å². The number of nitrogens with two attached hydrogens (primary N) is 1. The van der Waals surface area contributed by atoms with Crippen LogP contribution in [0.1, 0.15) is 34.6 Å². The molecule has 0 aliphatic heterocycles. The molecule has 0 radical (unpaired) electrons. The van der Waals surface area contributed by atoms with E-state index in [1.807, 2.05) is 0 Å². The van der Waals surface area contributed by atoms with Gasteiger partial charge in [0.15, 0.2) is 5.13 Å². The first kappa shape index (κ1) is 17.9. The van der Waals surface area contributed by atoms with E-state index in [9.17, 15) is 9.59 Å². The van der Waals surface area contributed by atoms with Gasteiger partial charge in [0.05, 0.1) is 5.38 Å². The average Bonchev–Trinajstić information content (AvgIpc) is 2.72. The molecule has 22 heavy (non-hydrogen) atoms. The molecule has 1 rings (SSSR count). The smallest absolute Gasteiger partial charge is 0.374 e. The van der Waals surface area contributed by atoms with E-state index in [0.717, 1.165) is 11.3 Å². The van der Waals surface area contributed by atoms with Gasteiger partial charge in [-0.3, -0.25) is 0 Å². The highest BCUT2D eigenvalue weighted by Crippen LogP contribution is 2.18. The Morgan fingerprint density at radius 3 is 2.41 bits per heavy atom. The fourth-order valence-corrected chi connectivity index (χ4v) is 1.57. The summed E-state index contributed by atoms with van der Waals surface area (Å²) in [5.74, 6) is -1.99. The zero-order valence-corrected chi connectivity index (χ0v) is 13.9. The van der Waals surface area contributed by atoms with Crippen molar-refractivity contribution in [3.63, 3.8) is 0 Å². The van der Waals surface area contributed by atoms with Crippen molar-refractivity contribution in [1.82, 2.24) is 4.98 Å². The molecule has 0 aliphatic carbocycles. The number of carbonyl (C=O) groups is 2. The van der Waals surface area contributed by atoms with Crippen molar-refractivity contribution < 1.29 is 23.9 Å². The molecule has 0 aliphatic rings. The second kappa shape index (κ2) is 7.21. The minimum atomic E-state index is -1.03. The van der Waals surface area contributed by atoms with Crippen LogP contribution in [0.2, 0.25) is 0 Å². The molecule has 122 valence electrons. The quantitative estimate of drug-likeness (QED) is 0.379. The van der Waals surface area contributed by atoms with Gasteiger partial charge in [0, 0.05) is 0 Å². The maximum Gasteiger partial charge on any atom is 0.374 e. The number of ether oxygens (including phenoxy) is 2. The molecule has 9 heteroatoms. The highest BCUT2D eigenvalue weighted by molar-refractivity contribution is 7.13. The number of aromatic nitrogens is 1. The molecule has 1 heterocycles. The number of anilines is 1. The maximum absolute atomic E-state index is 12.1. The molecule has 0 spiro atoms. The van der Waals surface area contributed by atoms with Crippen LogP contribution < -0.4 is 10.5 Å². The van der Waals surface area contributed by atoms with Crippen LogP contribution in [0.3, 0.4) is 0 Å². The second-order valence-electron chi connectivity index (χ2n) is 5.51. The van der Waals surface area contributed by atoms with Crippen LogP contribution in [0, 0.1) is 0 Å². The lowest BCUT2D eigenvalue weighted by atomic mass is 10.2. The number of nitrogens with zero attached hydrogens (tertiary/aromatic N) is 2. The Bertz CT molecular complexity index is 574. The first-order valence-electron chi connectivity index (χ1n) is 6.49. The first-order valence-corrected chi connectivity index (χ1v) is 7.37. The Morgan fingerprint density at radius 2 is 1.95 bits per heavy atom. The second-order valence-corrected chi connectivity index (χ2v) is 6.40. The molecule has 0 atom stereocenters. The van der Waals surface area contributed by atoms with Crippen LogP contribution in [0.15, 0.2) is 10.5 Å². The molecule has 1 aromatic heterocycles. The van der Waals surface area contributed by atoms with Crippen LogP contribution in [0.4, 0.5) is 5.13 Å². The number of hydrogen-bond donors (Lipinski definition) is 1. The predicted octanol–water partition coefficient (Wildman–Crippen LogP) is 1.75. The normalized spacial score (nSPS) is 12.2. The number of rotatable bonds is 5. The lowest BCUT2D eigenvalue weighted by molar-refractivity contribution is -0.147. The third-order valence-corrected chi connectivity index (χ3v) is 2.49. The number of nitrogen functional groups attached to an aromatic ring is 1. The van der Waals surface area contributed by atoms with Crippen LogP contribution in [0.5, 0.6) is 5.88 Å². The molecule has 0 unspecified atom stereocenters. The van der Waals surface area contributed by atoms with Gasteiger partial charge in [0.1, 0.15) is 11.7 Å². The Kier molecular flexibility index (Phi) is 5.86. The van der Waals surface area contributed by atoms with Crippen molar-refractivity contribution in [1.29, 1.82) is 0 Å². The zero-order valence-electron chi connectivity index (χ0n) is 13.1. The van der Waals surface area contributed by atoms with Gasteiger partial charge >= 0.3 is 11.9 Å². The van der Waals surface area contributed by atoms with Crippen LogP contribution >= 0.6 is 11.3 Å². The Hall–Kier alpha value is -2.16. The molecular weight excluding hydrogens is 310 g/mol. The molecule has 8 nitrogen and oxygen atoms in total. The molecule has 0 saturated heterocycles. The summed E-state index contributed by atoms with van der Waals surface area (Å²) in [5.41, 5.74) is 4.05. The SMILES string of the molecule is CC(C)O/N=C(\C(=O)Oc1csc(N)n1)C(=O)OC(C)(C)C. The molecule has 0 fully saturated rings. The third-order valence-electron chi connectivity index (χ3n) is 1.84. The van der Waals surface area contributed by atoms with Gasteiger partial charge in [-0.25, -0.2) is 9.59 Å². The van der Waals surface area contributed by atoms with Gasteiger partial charge < -0.3 is 20.0 Å². The van der Waals surface area contributed by atoms with E-state index in [0.29, 0.717) is 0 Å². The van der Waals surface area contributed by atoms with Crippen LogP contribution in [-0.4, -0.2) is 34.3 Å². The molecule has 2 N–H and O–H groups in total. The van der Waals surface area contributed by atoms with E-state index in [1.165, 1.54) is 5.38 Å². The van der Waals surface area contributed by atoms with E-state index >= 15 is 0 Å². The van der Waals surface area contributed by atoms with Crippen molar-refractivity contribution in [3.8, 4) is 5.88 Å². The lowest BCUT2D eigenvalue weighted by Gasteiger charge is -2.19. The van der Waals surface area contributed by atoms with Gasteiger partial charge in [-0.05, 0) is 34.6 Å². The molecule has 0 aromatic carbocycles. The topological polar surface area (TPSA) is 113 Å². The largest absolute Gasteiger partial charge is 0.455 e. The van der Waals surface area contributed by atoms with Crippen molar-refractivity contribution in [2.24, 2.45) is 5.16 Å². The Labute approximate surface area is 132 Å². The van der Waals surface area contributed by atoms with E-state index in [1.54, 1.807) is 34.6 Å². The maximum atomic E-state index is 12.1. The Balaban J connectivity index is 2.91. The monoisotopic (exact) mass is 329 g/mol. The summed E-state index contributed by atoms with van der Waals surface area (Å²) in [7, 11) is 0. The van der Waals surface area contributed by atoms with E-state index in [2.05, 4.69) is 10.1 Å². The highest BCUT2D eigenvalue weighted by Gasteiger charge is 2.30. The summed E-state index contributed by atoms with van der Waals surface area (Å²) in [6.07, 6.45) is -0.319. The average molecular weight is 329 g/mol. The lowest BCUT2D eigenvalue weighted by Crippen LogP contribution is -2.35. The standard InChI is InChI=1S/C13H19N3O5S/c1-7(2)21-16-9(11(18)20-13(3,4)5)10(17)19-8-6-22-12(14)15-8/h6-7H,1-5H3,(H2,14,15)/b16-9+. The van der Waals surface area contributed by atoms with Gasteiger partial charge in [0.2, 0.25) is 5.88 Å². The van der Waals surface area contributed by atoms with Crippen molar-refractivity contribution in [2.45, 2.75) is 46.3 Å². The number of oxime groups is 1. The molecule has 0 bridgehead atoms. The summed E-state index contributed by atoms with van der Waals surface area (Å²) < 4.78 is 10.0. The van der Waals surface area contributed by atoms with E-state index in [-0.39, 0.29) is 17.1 Å². The van der Waals surface area contributed by atoms with Gasteiger partial charge in [0.25, 0.3) is 5.71 Å². The minimum Gasteiger partial charge on any atom is -0.455 e. The summed E-state index contributed by atoms with van der Waals surface area (Å²) in [4.78, 5) is 32.8. The summed E-state index contributed by atoms with van der Waals surface area (Å²) in [6, 6.07) is 0. The summed E-state index contributed by atoms with van der Waals surface area (Å²) in [5, 5.41) is 5.19. The van der Waals surface area contributed by atoms with E-state index < -0.39 is 23.3 Å². The van der Waals surface area contributed by atoms with Crippen LogP contribution in [0.25, 0.3) is 0 Å². The first-order chi connectivity index (χ1) is 10.1. The van der Waals surface area contributed by atoms with Crippen LogP contribution in [-0.2, 0) is 19.2 Å².